The SMILES string of the molecule is COC(=O)C(CC(C)C)c1cc(CCN2CC(F)C2)cn(C)c1=O. The molecule has 1 atom stereocenters. The maximum absolute atomic E-state index is 12.9. The van der Waals surface area contributed by atoms with Crippen molar-refractivity contribution in [3.8, 4) is 0 Å². The predicted molar refractivity (Wildman–Crippen MR) is 90.9 cm³/mol. The van der Waals surface area contributed by atoms with E-state index in [1.807, 2.05) is 24.8 Å². The highest BCUT2D eigenvalue weighted by Crippen LogP contribution is 2.24. The number of aromatic nitrogens is 1. The van der Waals surface area contributed by atoms with Crippen molar-refractivity contribution in [2.45, 2.75) is 38.8 Å². The normalized spacial score (nSPS) is 16.9. The van der Waals surface area contributed by atoms with E-state index in [2.05, 4.69) is 0 Å². The van der Waals surface area contributed by atoms with Gasteiger partial charge in [-0.2, -0.15) is 0 Å². The third-order valence-electron chi connectivity index (χ3n) is 4.47. The van der Waals surface area contributed by atoms with Crippen molar-refractivity contribution >= 4 is 5.97 Å². The number of rotatable bonds is 7. The first-order valence-electron chi connectivity index (χ1n) is 8.45. The number of pyridine rings is 1. The molecule has 1 fully saturated rings. The Labute approximate surface area is 142 Å². The summed E-state index contributed by atoms with van der Waals surface area (Å²) < 4.78 is 19.3. The van der Waals surface area contributed by atoms with Gasteiger partial charge in [-0.15, -0.1) is 0 Å². The lowest BCUT2D eigenvalue weighted by atomic mass is 9.90. The molecule has 1 aliphatic heterocycles. The van der Waals surface area contributed by atoms with Crippen molar-refractivity contribution < 1.29 is 13.9 Å². The Kier molecular flexibility index (Phi) is 6.15. The fraction of sp³-hybridized carbons (Fsp3) is 0.667. The van der Waals surface area contributed by atoms with Gasteiger partial charge in [0.05, 0.1) is 13.0 Å². The highest BCUT2D eigenvalue weighted by molar-refractivity contribution is 5.78. The lowest BCUT2D eigenvalue weighted by Crippen LogP contribution is -2.48. The van der Waals surface area contributed by atoms with Gasteiger partial charge >= 0.3 is 5.97 Å². The quantitative estimate of drug-likeness (QED) is 0.713. The molecule has 2 rings (SSSR count). The van der Waals surface area contributed by atoms with E-state index in [1.165, 1.54) is 11.7 Å². The molecule has 1 aliphatic rings. The van der Waals surface area contributed by atoms with Gasteiger partial charge in [0.1, 0.15) is 6.17 Å². The van der Waals surface area contributed by atoms with E-state index in [-0.39, 0.29) is 17.4 Å². The molecular formula is C18H27FN2O3. The van der Waals surface area contributed by atoms with Gasteiger partial charge in [-0.1, -0.05) is 13.8 Å². The Hall–Kier alpha value is -1.69. The molecule has 1 unspecified atom stereocenters. The van der Waals surface area contributed by atoms with Gasteiger partial charge in [-0.05, 0) is 30.4 Å². The fourth-order valence-electron chi connectivity index (χ4n) is 3.14. The molecule has 1 saturated heterocycles. The maximum Gasteiger partial charge on any atom is 0.313 e. The minimum Gasteiger partial charge on any atom is -0.469 e. The lowest BCUT2D eigenvalue weighted by Gasteiger charge is -2.34. The Morgan fingerprint density at radius 3 is 2.62 bits per heavy atom. The average molecular weight is 338 g/mol. The summed E-state index contributed by atoms with van der Waals surface area (Å²) in [4.78, 5) is 26.7. The number of halogens is 1. The summed E-state index contributed by atoms with van der Waals surface area (Å²) in [5.74, 6) is -0.654. The van der Waals surface area contributed by atoms with Crippen LogP contribution in [0.5, 0.6) is 0 Å². The van der Waals surface area contributed by atoms with E-state index < -0.39 is 12.1 Å². The third kappa shape index (κ3) is 4.44. The molecule has 0 amide bonds. The number of hydrogen-bond donors (Lipinski definition) is 0. The summed E-state index contributed by atoms with van der Waals surface area (Å²) in [6.45, 7) is 5.75. The Bertz CT molecular complexity index is 636. The molecule has 0 spiro atoms. The Morgan fingerprint density at radius 2 is 2.08 bits per heavy atom. The summed E-state index contributed by atoms with van der Waals surface area (Å²) >= 11 is 0. The van der Waals surface area contributed by atoms with Gasteiger partial charge in [-0.25, -0.2) is 4.39 Å². The number of hydrogen-bond acceptors (Lipinski definition) is 4. The number of carbonyl (C=O) groups excluding carboxylic acids is 1. The van der Waals surface area contributed by atoms with Crippen LogP contribution in [0.3, 0.4) is 0 Å². The molecule has 6 heteroatoms. The summed E-state index contributed by atoms with van der Waals surface area (Å²) in [5.41, 5.74) is 1.30. The second-order valence-corrected chi connectivity index (χ2v) is 7.03. The number of nitrogens with zero attached hydrogens (tertiary/aromatic N) is 2. The van der Waals surface area contributed by atoms with E-state index in [9.17, 15) is 14.0 Å². The van der Waals surface area contributed by atoms with Crippen LogP contribution in [0.2, 0.25) is 0 Å². The molecule has 0 aromatic carbocycles. The first kappa shape index (κ1) is 18.6. The van der Waals surface area contributed by atoms with Crippen molar-refractivity contribution in [2.75, 3.05) is 26.7 Å². The molecular weight excluding hydrogens is 311 g/mol. The summed E-state index contributed by atoms with van der Waals surface area (Å²) in [6.07, 6.45) is 2.38. The molecule has 134 valence electrons. The summed E-state index contributed by atoms with van der Waals surface area (Å²) in [5, 5.41) is 0. The zero-order valence-electron chi connectivity index (χ0n) is 14.9. The molecule has 0 saturated carbocycles. The second-order valence-electron chi connectivity index (χ2n) is 7.03. The van der Waals surface area contributed by atoms with Crippen LogP contribution in [0.25, 0.3) is 0 Å². The van der Waals surface area contributed by atoms with Gasteiger partial charge in [0.25, 0.3) is 5.56 Å². The number of esters is 1. The van der Waals surface area contributed by atoms with Crippen LogP contribution in [0.4, 0.5) is 4.39 Å². The van der Waals surface area contributed by atoms with Gasteiger partial charge in [0.15, 0.2) is 0 Å². The lowest BCUT2D eigenvalue weighted by molar-refractivity contribution is -0.142. The van der Waals surface area contributed by atoms with Crippen molar-refractivity contribution in [3.05, 3.63) is 33.7 Å². The Morgan fingerprint density at radius 1 is 1.42 bits per heavy atom. The van der Waals surface area contributed by atoms with Gasteiger partial charge in [0.2, 0.25) is 0 Å². The number of ether oxygens (including phenoxy) is 1. The van der Waals surface area contributed by atoms with E-state index in [0.29, 0.717) is 25.1 Å². The summed E-state index contributed by atoms with van der Waals surface area (Å²) in [7, 11) is 3.04. The fourth-order valence-corrected chi connectivity index (χ4v) is 3.14. The number of carbonyl (C=O) groups is 1. The molecule has 0 radical (unpaired) electrons. The van der Waals surface area contributed by atoms with E-state index in [4.69, 9.17) is 4.74 Å². The standard InChI is InChI=1S/C18H27FN2O3/c1-12(2)7-16(18(23)24-4)15-8-13(9-20(3)17(15)22)5-6-21-10-14(19)11-21/h8-9,12,14,16H,5-7,10-11H2,1-4H3. The number of likely N-dealkylation sites (tertiary alicyclic amines) is 1. The number of alkyl halides is 1. The first-order chi connectivity index (χ1) is 11.3. The van der Waals surface area contributed by atoms with E-state index >= 15 is 0 Å². The number of aryl methyl sites for hydroxylation is 1. The molecule has 24 heavy (non-hydrogen) atoms. The average Bonchev–Trinajstić information content (AvgIpc) is 2.50. The van der Waals surface area contributed by atoms with Crippen LogP contribution >= 0.6 is 0 Å². The molecule has 1 aromatic rings. The minimum absolute atomic E-state index is 0.164. The van der Waals surface area contributed by atoms with Crippen LogP contribution in [-0.4, -0.2) is 48.4 Å². The largest absolute Gasteiger partial charge is 0.469 e. The van der Waals surface area contributed by atoms with Gasteiger partial charge in [0, 0.05) is 38.4 Å². The third-order valence-corrected chi connectivity index (χ3v) is 4.47. The van der Waals surface area contributed by atoms with Gasteiger partial charge in [-0.3, -0.25) is 14.5 Å². The molecule has 1 aromatic heterocycles. The first-order valence-corrected chi connectivity index (χ1v) is 8.45. The van der Waals surface area contributed by atoms with Crippen molar-refractivity contribution in [1.29, 1.82) is 0 Å². The molecule has 0 aliphatic carbocycles. The van der Waals surface area contributed by atoms with E-state index in [0.717, 1.165) is 18.5 Å². The zero-order chi connectivity index (χ0) is 17.9. The van der Waals surface area contributed by atoms with Crippen LogP contribution in [0.15, 0.2) is 17.1 Å². The monoisotopic (exact) mass is 338 g/mol. The Balaban J connectivity index is 2.23. The van der Waals surface area contributed by atoms with Crippen molar-refractivity contribution in [1.82, 2.24) is 9.47 Å². The topological polar surface area (TPSA) is 51.5 Å². The van der Waals surface area contributed by atoms with Gasteiger partial charge < -0.3 is 9.30 Å². The highest BCUT2D eigenvalue weighted by atomic mass is 19.1. The van der Waals surface area contributed by atoms with Crippen molar-refractivity contribution in [2.24, 2.45) is 13.0 Å². The maximum atomic E-state index is 12.9. The van der Waals surface area contributed by atoms with Crippen LogP contribution in [-0.2, 0) is 23.0 Å². The number of methoxy groups -OCH3 is 1. The second kappa shape index (κ2) is 7.92. The zero-order valence-corrected chi connectivity index (χ0v) is 14.9. The smallest absolute Gasteiger partial charge is 0.313 e. The molecule has 0 bridgehead atoms. The van der Waals surface area contributed by atoms with Crippen molar-refractivity contribution in [3.63, 3.8) is 0 Å². The van der Waals surface area contributed by atoms with Crippen LogP contribution in [0, 0.1) is 5.92 Å². The highest BCUT2D eigenvalue weighted by Gasteiger charge is 2.27. The molecule has 0 N–H and O–H groups in total. The van der Waals surface area contributed by atoms with Crippen LogP contribution in [0.1, 0.15) is 37.3 Å². The van der Waals surface area contributed by atoms with E-state index in [1.54, 1.807) is 13.2 Å². The van der Waals surface area contributed by atoms with Crippen LogP contribution < -0.4 is 5.56 Å². The molecule has 2 heterocycles. The predicted octanol–water partition coefficient (Wildman–Crippen LogP) is 1.88. The molecule has 5 nitrogen and oxygen atoms in total. The summed E-state index contributed by atoms with van der Waals surface area (Å²) in [6, 6.07) is 1.82. The minimum atomic E-state index is -0.713.